The number of benzene rings is 2. The molecule has 2 aromatic carbocycles. The second kappa shape index (κ2) is 13.9. The van der Waals surface area contributed by atoms with E-state index in [2.05, 4.69) is 50.8 Å². The summed E-state index contributed by atoms with van der Waals surface area (Å²) in [7, 11) is 0. The first-order valence-corrected chi connectivity index (χ1v) is 13.6. The predicted molar refractivity (Wildman–Crippen MR) is 153 cm³/mol. The third kappa shape index (κ3) is 7.79. The van der Waals surface area contributed by atoms with Crippen LogP contribution in [0.5, 0.6) is 11.6 Å². The molecule has 3 aromatic rings. The lowest BCUT2D eigenvalue weighted by atomic mass is 9.93. The van der Waals surface area contributed by atoms with E-state index in [-0.39, 0.29) is 12.5 Å². The third-order valence-electron chi connectivity index (χ3n) is 7.12. The number of pyridine rings is 1. The molecule has 1 aliphatic heterocycles. The Kier molecular flexibility index (Phi) is 10.1. The van der Waals surface area contributed by atoms with Crippen LogP contribution in [0, 0.1) is 19.8 Å². The van der Waals surface area contributed by atoms with Gasteiger partial charge in [-0.15, -0.1) is 0 Å². The van der Waals surface area contributed by atoms with E-state index in [0.717, 1.165) is 49.5 Å². The van der Waals surface area contributed by atoms with E-state index < -0.39 is 0 Å². The van der Waals surface area contributed by atoms with E-state index >= 15 is 0 Å². The highest BCUT2D eigenvalue weighted by atomic mass is 16.5. The molecule has 0 saturated carbocycles. The molecule has 0 spiro atoms. The van der Waals surface area contributed by atoms with Crippen LogP contribution in [0.3, 0.4) is 0 Å². The number of likely N-dealkylation sites (tertiary alicyclic amines) is 1. The van der Waals surface area contributed by atoms with Gasteiger partial charge in [0.2, 0.25) is 5.88 Å². The maximum absolute atomic E-state index is 12.7. The number of amides is 1. The van der Waals surface area contributed by atoms with E-state index in [0.29, 0.717) is 29.8 Å². The fraction of sp³-hybridized carbons (Fsp3) is 0.419. The smallest absolute Gasteiger partial charge is 0.250 e. The number of carbonyl (C=O) groups is 1. The fourth-order valence-electron chi connectivity index (χ4n) is 4.82. The van der Waals surface area contributed by atoms with E-state index in [1.807, 2.05) is 51.1 Å². The van der Waals surface area contributed by atoms with Gasteiger partial charge in [0, 0.05) is 25.4 Å². The summed E-state index contributed by atoms with van der Waals surface area (Å²) in [4.78, 5) is 19.9. The summed E-state index contributed by atoms with van der Waals surface area (Å²) in [6.07, 6.45) is 3.47. The van der Waals surface area contributed by atoms with Gasteiger partial charge in [-0.1, -0.05) is 48.5 Å². The predicted octanol–water partition coefficient (Wildman–Crippen LogP) is 6.18. The monoisotopic (exact) mass is 516 g/mol. The highest BCUT2D eigenvalue weighted by molar-refractivity contribution is 5.97. The van der Waals surface area contributed by atoms with Crippen molar-refractivity contribution in [3.8, 4) is 11.6 Å². The van der Waals surface area contributed by atoms with Gasteiger partial charge in [0.05, 0.1) is 5.69 Å². The molecule has 4 rings (SSSR count). The zero-order valence-corrected chi connectivity index (χ0v) is 22.8. The van der Waals surface area contributed by atoms with Crippen LogP contribution in [0.4, 0.5) is 11.4 Å². The Morgan fingerprint density at radius 1 is 1.00 bits per heavy atom. The van der Waals surface area contributed by atoms with Crippen LogP contribution in [0.1, 0.15) is 43.0 Å². The Balaban J connectivity index is 1.41. The Hall–Kier alpha value is -3.42. The Morgan fingerprint density at radius 2 is 1.68 bits per heavy atom. The van der Waals surface area contributed by atoms with Crippen molar-refractivity contribution in [2.75, 3.05) is 43.5 Å². The van der Waals surface area contributed by atoms with Crippen LogP contribution in [-0.4, -0.2) is 48.6 Å². The molecule has 7 heteroatoms. The SMILES string of the molecule is CCOCC(=O)Nc1c(Oc2ccccc2)nc(C)c(C)c1NCCC1CCN(Cc2ccccc2)CC1. The Morgan fingerprint density at radius 3 is 2.37 bits per heavy atom. The van der Waals surface area contributed by atoms with E-state index in [1.165, 1.54) is 18.4 Å². The molecule has 1 aromatic heterocycles. The van der Waals surface area contributed by atoms with Crippen molar-refractivity contribution in [2.45, 2.75) is 46.6 Å². The number of aromatic nitrogens is 1. The summed E-state index contributed by atoms with van der Waals surface area (Å²) in [5.41, 5.74) is 4.64. The number of anilines is 2. The second-order valence-electron chi connectivity index (χ2n) is 9.90. The Labute approximate surface area is 226 Å². The number of para-hydroxylation sites is 1. The number of nitrogens with one attached hydrogen (secondary N) is 2. The molecule has 7 nitrogen and oxygen atoms in total. The average molecular weight is 517 g/mol. The summed E-state index contributed by atoms with van der Waals surface area (Å²) < 4.78 is 11.5. The molecule has 1 aliphatic rings. The lowest BCUT2D eigenvalue weighted by Crippen LogP contribution is -2.33. The van der Waals surface area contributed by atoms with Crippen LogP contribution < -0.4 is 15.4 Å². The maximum Gasteiger partial charge on any atom is 0.250 e. The minimum absolute atomic E-state index is 0.0187. The van der Waals surface area contributed by atoms with Crippen molar-refractivity contribution >= 4 is 17.3 Å². The number of piperidine rings is 1. The maximum atomic E-state index is 12.7. The van der Waals surface area contributed by atoms with Crippen LogP contribution in [-0.2, 0) is 16.1 Å². The summed E-state index contributed by atoms with van der Waals surface area (Å²) in [6.45, 7) is 10.4. The molecular formula is C31H40N4O3. The van der Waals surface area contributed by atoms with Gasteiger partial charge in [0.1, 0.15) is 18.0 Å². The van der Waals surface area contributed by atoms with Crippen molar-refractivity contribution in [3.63, 3.8) is 0 Å². The number of rotatable bonds is 12. The zero-order chi connectivity index (χ0) is 26.7. The lowest BCUT2D eigenvalue weighted by molar-refractivity contribution is -0.120. The van der Waals surface area contributed by atoms with Crippen molar-refractivity contribution in [1.29, 1.82) is 0 Å². The van der Waals surface area contributed by atoms with Crippen LogP contribution >= 0.6 is 0 Å². The normalized spacial score (nSPS) is 14.3. The van der Waals surface area contributed by atoms with Gasteiger partial charge in [-0.2, -0.15) is 0 Å². The molecule has 0 aliphatic carbocycles. The number of aryl methyl sites for hydroxylation is 1. The molecular weight excluding hydrogens is 476 g/mol. The van der Waals surface area contributed by atoms with Gasteiger partial charge in [-0.25, -0.2) is 4.98 Å². The zero-order valence-electron chi connectivity index (χ0n) is 22.8. The van der Waals surface area contributed by atoms with Crippen molar-refractivity contribution in [2.24, 2.45) is 5.92 Å². The Bertz CT molecular complexity index is 1160. The van der Waals surface area contributed by atoms with Gasteiger partial charge in [0.25, 0.3) is 5.91 Å². The average Bonchev–Trinajstić information content (AvgIpc) is 2.94. The fourth-order valence-corrected chi connectivity index (χ4v) is 4.82. The van der Waals surface area contributed by atoms with Crippen molar-refractivity contribution in [1.82, 2.24) is 9.88 Å². The van der Waals surface area contributed by atoms with E-state index in [1.54, 1.807) is 0 Å². The minimum atomic E-state index is -0.233. The molecule has 1 saturated heterocycles. The van der Waals surface area contributed by atoms with E-state index in [9.17, 15) is 4.79 Å². The van der Waals surface area contributed by atoms with Gasteiger partial charge in [0.15, 0.2) is 0 Å². The van der Waals surface area contributed by atoms with Crippen LogP contribution in [0.15, 0.2) is 60.7 Å². The summed E-state index contributed by atoms with van der Waals surface area (Å²) in [5, 5.41) is 6.62. The molecule has 38 heavy (non-hydrogen) atoms. The molecule has 1 fully saturated rings. The number of hydrogen-bond acceptors (Lipinski definition) is 6. The molecule has 202 valence electrons. The van der Waals surface area contributed by atoms with Crippen molar-refractivity contribution < 1.29 is 14.3 Å². The number of carbonyl (C=O) groups excluding carboxylic acids is 1. The molecule has 2 N–H and O–H groups in total. The number of nitrogens with zero attached hydrogens (tertiary/aromatic N) is 2. The van der Waals surface area contributed by atoms with Crippen molar-refractivity contribution in [3.05, 3.63) is 77.5 Å². The highest BCUT2D eigenvalue weighted by Crippen LogP contribution is 2.38. The minimum Gasteiger partial charge on any atom is -0.437 e. The summed E-state index contributed by atoms with van der Waals surface area (Å²) in [5.74, 6) is 1.48. The topological polar surface area (TPSA) is 75.7 Å². The van der Waals surface area contributed by atoms with Gasteiger partial charge in [-0.05, 0) is 82.3 Å². The van der Waals surface area contributed by atoms with Crippen LogP contribution in [0.25, 0.3) is 0 Å². The standard InChI is InChI=1S/C31H40N4O3/c1-4-37-22-28(36)34-30-29(23(2)24(3)33-31(30)38-27-13-9-6-10-14-27)32-18-15-25-16-19-35(20-17-25)21-26-11-7-5-8-12-26/h5-14,25H,4,15-22H2,1-3H3,(H,32,33)(H,34,36). The van der Waals surface area contributed by atoms with Crippen LogP contribution in [0.2, 0.25) is 0 Å². The van der Waals surface area contributed by atoms with Gasteiger partial charge < -0.3 is 20.1 Å². The first-order valence-electron chi connectivity index (χ1n) is 13.6. The summed E-state index contributed by atoms with van der Waals surface area (Å²) in [6, 6.07) is 20.2. The van der Waals surface area contributed by atoms with E-state index in [4.69, 9.17) is 9.47 Å². The molecule has 2 heterocycles. The van der Waals surface area contributed by atoms with Gasteiger partial charge in [-0.3, -0.25) is 9.69 Å². The first-order chi connectivity index (χ1) is 18.5. The molecule has 0 bridgehead atoms. The van der Waals surface area contributed by atoms with Gasteiger partial charge >= 0.3 is 0 Å². The molecule has 1 amide bonds. The number of ether oxygens (including phenoxy) is 2. The molecule has 0 atom stereocenters. The largest absolute Gasteiger partial charge is 0.437 e. The first kappa shape index (κ1) is 27.6. The lowest BCUT2D eigenvalue weighted by Gasteiger charge is -2.32. The quantitative estimate of drug-likeness (QED) is 0.299. The molecule has 0 unspecified atom stereocenters. The second-order valence-corrected chi connectivity index (χ2v) is 9.90. The third-order valence-corrected chi connectivity index (χ3v) is 7.12. The molecule has 0 radical (unpaired) electrons. The summed E-state index contributed by atoms with van der Waals surface area (Å²) >= 11 is 0. The highest BCUT2D eigenvalue weighted by Gasteiger charge is 2.22. The number of hydrogen-bond donors (Lipinski definition) is 2.